The number of hydrogen-bond acceptors (Lipinski definition) is 3. The highest BCUT2D eigenvalue weighted by atomic mass is 32.1. The summed E-state index contributed by atoms with van der Waals surface area (Å²) in [7, 11) is 0. The highest BCUT2D eigenvalue weighted by Gasteiger charge is 2.10. The molecule has 2 rings (SSSR count). The monoisotopic (exact) mass is 240 g/mol. The normalized spacial score (nSPS) is 11.2. The molecule has 0 spiro atoms. The van der Waals surface area contributed by atoms with Crippen molar-refractivity contribution in [2.45, 2.75) is 13.0 Å². The van der Waals surface area contributed by atoms with E-state index in [0.717, 1.165) is 11.3 Å². The molecule has 0 bridgehead atoms. The van der Waals surface area contributed by atoms with E-state index in [0.29, 0.717) is 24.2 Å². The molecule has 0 aliphatic rings. The Balaban J connectivity index is 2.56. The van der Waals surface area contributed by atoms with Gasteiger partial charge in [0.05, 0.1) is 17.6 Å². The second-order valence-electron chi connectivity index (χ2n) is 3.51. The van der Waals surface area contributed by atoms with Gasteiger partial charge in [0.25, 0.3) is 0 Å². The van der Waals surface area contributed by atoms with E-state index in [1.165, 1.54) is 12.1 Å². The molecule has 86 valence electrons. The van der Waals surface area contributed by atoms with Crippen molar-refractivity contribution in [3.63, 3.8) is 0 Å². The van der Waals surface area contributed by atoms with Crippen LogP contribution >= 0.6 is 12.6 Å². The number of halogens is 1. The fraction of sp³-hybridized carbons (Fsp3) is 0.364. The van der Waals surface area contributed by atoms with Gasteiger partial charge in [0, 0.05) is 19.0 Å². The Hall–Kier alpha value is -1.07. The van der Waals surface area contributed by atoms with Crippen LogP contribution in [0, 0.1) is 5.82 Å². The van der Waals surface area contributed by atoms with Gasteiger partial charge < -0.3 is 9.67 Å². The molecule has 1 aromatic carbocycles. The number of thiol groups is 1. The number of imidazole rings is 1. The Labute approximate surface area is 98.3 Å². The van der Waals surface area contributed by atoms with Gasteiger partial charge in [-0.25, -0.2) is 9.37 Å². The Morgan fingerprint density at radius 1 is 1.44 bits per heavy atom. The predicted octanol–water partition coefficient (Wildman–Crippen LogP) is 1.64. The largest absolute Gasteiger partial charge is 0.395 e. The average molecular weight is 240 g/mol. The summed E-state index contributed by atoms with van der Waals surface area (Å²) in [5, 5.41) is 9.00. The number of nitrogens with zero attached hydrogens (tertiary/aromatic N) is 2. The second kappa shape index (κ2) is 4.84. The molecule has 0 amide bonds. The molecule has 0 unspecified atom stereocenters. The molecule has 0 aliphatic heterocycles. The maximum absolute atomic E-state index is 13.0. The molecule has 0 aliphatic carbocycles. The molecule has 3 nitrogen and oxygen atoms in total. The molecule has 1 N–H and O–H groups in total. The fourth-order valence-electron chi connectivity index (χ4n) is 1.79. The van der Waals surface area contributed by atoms with Gasteiger partial charge in [-0.2, -0.15) is 12.6 Å². The van der Waals surface area contributed by atoms with E-state index in [4.69, 9.17) is 5.11 Å². The average Bonchev–Trinajstić information content (AvgIpc) is 2.57. The molecule has 0 saturated heterocycles. The number of rotatable bonds is 4. The van der Waals surface area contributed by atoms with Crippen LogP contribution < -0.4 is 0 Å². The van der Waals surface area contributed by atoms with Crippen molar-refractivity contribution in [1.29, 1.82) is 0 Å². The summed E-state index contributed by atoms with van der Waals surface area (Å²) in [6.45, 7) is 0.521. The molecule has 0 atom stereocenters. The quantitative estimate of drug-likeness (QED) is 0.797. The van der Waals surface area contributed by atoms with Crippen LogP contribution in [-0.2, 0) is 13.0 Å². The predicted molar refractivity (Wildman–Crippen MR) is 64.3 cm³/mol. The molecule has 0 fully saturated rings. The number of aryl methyl sites for hydroxylation is 1. The molecule has 5 heteroatoms. The van der Waals surface area contributed by atoms with Crippen LogP contribution in [0.4, 0.5) is 4.39 Å². The van der Waals surface area contributed by atoms with Crippen LogP contribution in [0.5, 0.6) is 0 Å². The van der Waals surface area contributed by atoms with Gasteiger partial charge in [-0.3, -0.25) is 0 Å². The van der Waals surface area contributed by atoms with E-state index < -0.39 is 0 Å². The minimum absolute atomic E-state index is 0.0441. The highest BCUT2D eigenvalue weighted by molar-refractivity contribution is 7.80. The Bertz CT molecular complexity index is 498. The Morgan fingerprint density at radius 2 is 2.25 bits per heavy atom. The number of aromatic nitrogens is 2. The van der Waals surface area contributed by atoms with Gasteiger partial charge >= 0.3 is 0 Å². The van der Waals surface area contributed by atoms with Crippen molar-refractivity contribution in [3.05, 3.63) is 29.8 Å². The molecule has 0 radical (unpaired) electrons. The fourth-order valence-corrected chi connectivity index (χ4v) is 1.99. The molecule has 0 saturated carbocycles. The zero-order valence-corrected chi connectivity index (χ0v) is 9.62. The van der Waals surface area contributed by atoms with Crippen LogP contribution in [0.2, 0.25) is 0 Å². The molecule has 16 heavy (non-hydrogen) atoms. The van der Waals surface area contributed by atoms with Gasteiger partial charge in [0.1, 0.15) is 11.6 Å². The topological polar surface area (TPSA) is 38.0 Å². The number of aliphatic hydroxyl groups is 1. The zero-order chi connectivity index (χ0) is 11.5. The van der Waals surface area contributed by atoms with E-state index in [1.54, 1.807) is 6.07 Å². The van der Waals surface area contributed by atoms with Crippen LogP contribution in [0.1, 0.15) is 5.82 Å². The summed E-state index contributed by atoms with van der Waals surface area (Å²) < 4.78 is 14.9. The summed E-state index contributed by atoms with van der Waals surface area (Å²) in [4.78, 5) is 4.34. The first-order chi connectivity index (χ1) is 7.76. The lowest BCUT2D eigenvalue weighted by molar-refractivity contribution is 0.276. The van der Waals surface area contributed by atoms with E-state index in [9.17, 15) is 4.39 Å². The van der Waals surface area contributed by atoms with Crippen molar-refractivity contribution >= 4 is 23.7 Å². The van der Waals surface area contributed by atoms with E-state index in [1.807, 2.05) is 4.57 Å². The number of fused-ring (bicyclic) bond motifs is 1. The highest BCUT2D eigenvalue weighted by Crippen LogP contribution is 2.18. The first-order valence-electron chi connectivity index (χ1n) is 5.12. The van der Waals surface area contributed by atoms with Crippen LogP contribution in [-0.4, -0.2) is 27.0 Å². The molecular formula is C11H13FN2OS. The van der Waals surface area contributed by atoms with Gasteiger partial charge in [0.15, 0.2) is 0 Å². The molecule has 1 aromatic heterocycles. The van der Waals surface area contributed by atoms with Crippen LogP contribution in [0.25, 0.3) is 11.0 Å². The lowest BCUT2D eigenvalue weighted by atomic mass is 10.3. The van der Waals surface area contributed by atoms with Crippen molar-refractivity contribution in [3.8, 4) is 0 Å². The zero-order valence-electron chi connectivity index (χ0n) is 8.73. The number of hydrogen-bond donors (Lipinski definition) is 2. The molecule has 1 heterocycles. The van der Waals surface area contributed by atoms with E-state index in [-0.39, 0.29) is 12.4 Å². The Morgan fingerprint density at radius 3 is 2.94 bits per heavy atom. The summed E-state index contributed by atoms with van der Waals surface area (Å²) >= 11 is 4.16. The first kappa shape index (κ1) is 11.4. The smallest absolute Gasteiger partial charge is 0.125 e. The molecule has 2 aromatic rings. The standard InChI is InChI=1S/C11H13FN2OS/c12-8-1-2-10-9(7-8)13-11(3-6-16)14(10)4-5-15/h1-2,7,15-16H,3-6H2. The van der Waals surface area contributed by atoms with E-state index >= 15 is 0 Å². The van der Waals surface area contributed by atoms with Crippen molar-refractivity contribution < 1.29 is 9.50 Å². The summed E-state index contributed by atoms with van der Waals surface area (Å²) in [6, 6.07) is 4.50. The van der Waals surface area contributed by atoms with E-state index in [2.05, 4.69) is 17.6 Å². The van der Waals surface area contributed by atoms with Crippen molar-refractivity contribution in [2.24, 2.45) is 0 Å². The van der Waals surface area contributed by atoms with Gasteiger partial charge in [-0.15, -0.1) is 0 Å². The lowest BCUT2D eigenvalue weighted by Gasteiger charge is -2.05. The second-order valence-corrected chi connectivity index (χ2v) is 3.96. The van der Waals surface area contributed by atoms with Crippen molar-refractivity contribution in [1.82, 2.24) is 9.55 Å². The SMILES string of the molecule is OCCn1c(CCS)nc2cc(F)ccc21. The van der Waals surface area contributed by atoms with Gasteiger partial charge in [-0.1, -0.05) is 0 Å². The van der Waals surface area contributed by atoms with Crippen LogP contribution in [0.3, 0.4) is 0 Å². The summed E-state index contributed by atoms with van der Waals surface area (Å²) in [5.74, 6) is 1.22. The Kier molecular flexibility index (Phi) is 3.46. The van der Waals surface area contributed by atoms with Gasteiger partial charge in [-0.05, 0) is 17.9 Å². The number of aliphatic hydroxyl groups excluding tert-OH is 1. The first-order valence-corrected chi connectivity index (χ1v) is 5.76. The third-order valence-corrected chi connectivity index (χ3v) is 2.67. The molecular weight excluding hydrogens is 227 g/mol. The third kappa shape index (κ3) is 2.05. The van der Waals surface area contributed by atoms with Crippen LogP contribution in [0.15, 0.2) is 18.2 Å². The maximum Gasteiger partial charge on any atom is 0.125 e. The lowest BCUT2D eigenvalue weighted by Crippen LogP contribution is -2.07. The van der Waals surface area contributed by atoms with Gasteiger partial charge in [0.2, 0.25) is 0 Å². The minimum Gasteiger partial charge on any atom is -0.395 e. The summed E-state index contributed by atoms with van der Waals surface area (Å²) in [6.07, 6.45) is 0.708. The third-order valence-electron chi connectivity index (χ3n) is 2.45. The summed E-state index contributed by atoms with van der Waals surface area (Å²) in [5.41, 5.74) is 1.48. The van der Waals surface area contributed by atoms with Crippen molar-refractivity contribution in [2.75, 3.05) is 12.4 Å². The minimum atomic E-state index is -0.293. The number of benzene rings is 1. The maximum atomic E-state index is 13.0.